The second kappa shape index (κ2) is 4.81. The number of rotatable bonds is 5. The third kappa shape index (κ3) is 2.13. The minimum Gasteiger partial charge on any atom is -0.319 e. The van der Waals surface area contributed by atoms with Crippen LogP contribution in [0.15, 0.2) is 30.3 Å². The highest BCUT2D eigenvalue weighted by molar-refractivity contribution is 5.31. The van der Waals surface area contributed by atoms with Crippen molar-refractivity contribution in [3.05, 3.63) is 35.9 Å². The van der Waals surface area contributed by atoms with Crippen LogP contribution in [0.5, 0.6) is 0 Å². The van der Waals surface area contributed by atoms with E-state index in [9.17, 15) is 0 Å². The molecule has 1 N–H and O–H groups in total. The van der Waals surface area contributed by atoms with E-state index in [4.69, 9.17) is 0 Å². The van der Waals surface area contributed by atoms with E-state index < -0.39 is 0 Å². The van der Waals surface area contributed by atoms with E-state index in [1.807, 2.05) is 0 Å². The van der Waals surface area contributed by atoms with Gasteiger partial charge in [-0.25, -0.2) is 0 Å². The number of likely N-dealkylation sites (N-methyl/N-ethyl adjacent to an activating group) is 1. The summed E-state index contributed by atoms with van der Waals surface area (Å²) in [5, 5.41) is 3.39. The standard InChI is InChI=1S/C16H25N/c1-4-15(5-2)11-16(12-15,13-17-3)14-9-7-6-8-10-14/h6-10,17H,4-5,11-13H2,1-3H3. The highest BCUT2D eigenvalue weighted by atomic mass is 14.8. The molecule has 0 unspecified atom stereocenters. The molecule has 0 bridgehead atoms. The van der Waals surface area contributed by atoms with Crippen LogP contribution in [-0.2, 0) is 5.41 Å². The Kier molecular flexibility index (Phi) is 3.58. The first-order valence-corrected chi connectivity index (χ1v) is 6.90. The molecule has 1 saturated carbocycles. The van der Waals surface area contributed by atoms with Crippen LogP contribution >= 0.6 is 0 Å². The quantitative estimate of drug-likeness (QED) is 0.814. The van der Waals surface area contributed by atoms with Gasteiger partial charge in [-0.1, -0.05) is 57.0 Å². The number of hydrogen-bond acceptors (Lipinski definition) is 1. The molecule has 1 nitrogen and oxygen atoms in total. The van der Waals surface area contributed by atoms with Gasteiger partial charge >= 0.3 is 0 Å². The molecular formula is C16H25N. The molecule has 1 aliphatic carbocycles. The minimum absolute atomic E-state index is 0.391. The normalized spacial score (nSPS) is 20.9. The predicted octanol–water partition coefficient (Wildman–Crippen LogP) is 3.74. The van der Waals surface area contributed by atoms with E-state index in [0.29, 0.717) is 10.8 Å². The van der Waals surface area contributed by atoms with Crippen LogP contribution in [0.3, 0.4) is 0 Å². The molecule has 1 fully saturated rings. The molecular weight excluding hydrogens is 206 g/mol. The Morgan fingerprint density at radius 2 is 1.65 bits per heavy atom. The molecule has 1 aliphatic rings. The van der Waals surface area contributed by atoms with Crippen LogP contribution < -0.4 is 5.32 Å². The third-order valence-corrected chi connectivity index (χ3v) is 4.83. The Balaban J connectivity index is 2.21. The largest absolute Gasteiger partial charge is 0.319 e. The fraction of sp³-hybridized carbons (Fsp3) is 0.625. The molecule has 94 valence electrons. The van der Waals surface area contributed by atoms with Gasteiger partial charge in [0.15, 0.2) is 0 Å². The summed E-state index contributed by atoms with van der Waals surface area (Å²) in [5.74, 6) is 0. The highest BCUT2D eigenvalue weighted by Gasteiger charge is 2.52. The molecule has 0 aromatic heterocycles. The van der Waals surface area contributed by atoms with Gasteiger partial charge in [-0.2, -0.15) is 0 Å². The van der Waals surface area contributed by atoms with E-state index in [1.54, 1.807) is 0 Å². The second-order valence-corrected chi connectivity index (χ2v) is 5.74. The maximum Gasteiger partial charge on any atom is 0.00882 e. The fourth-order valence-electron chi connectivity index (χ4n) is 3.70. The summed E-state index contributed by atoms with van der Waals surface area (Å²) in [6.45, 7) is 5.80. The summed E-state index contributed by atoms with van der Waals surface area (Å²) < 4.78 is 0. The lowest BCUT2D eigenvalue weighted by Gasteiger charge is -2.57. The summed E-state index contributed by atoms with van der Waals surface area (Å²) >= 11 is 0. The molecule has 0 aliphatic heterocycles. The molecule has 0 atom stereocenters. The smallest absolute Gasteiger partial charge is 0.00882 e. The van der Waals surface area contributed by atoms with Crippen LogP contribution in [0.2, 0.25) is 0 Å². The number of benzene rings is 1. The van der Waals surface area contributed by atoms with E-state index in [2.05, 4.69) is 56.5 Å². The van der Waals surface area contributed by atoms with Gasteiger partial charge in [-0.3, -0.25) is 0 Å². The van der Waals surface area contributed by atoms with Gasteiger partial charge < -0.3 is 5.32 Å². The van der Waals surface area contributed by atoms with Crippen molar-refractivity contribution in [1.82, 2.24) is 5.32 Å². The molecule has 1 aromatic rings. The third-order valence-electron chi connectivity index (χ3n) is 4.83. The molecule has 1 aromatic carbocycles. The zero-order valence-electron chi connectivity index (χ0n) is 11.4. The van der Waals surface area contributed by atoms with Gasteiger partial charge in [0.25, 0.3) is 0 Å². The zero-order valence-corrected chi connectivity index (χ0v) is 11.4. The Morgan fingerprint density at radius 1 is 1.06 bits per heavy atom. The Bertz CT molecular complexity index is 343. The first-order chi connectivity index (χ1) is 8.20. The van der Waals surface area contributed by atoms with Crippen LogP contribution in [0.4, 0.5) is 0 Å². The van der Waals surface area contributed by atoms with Gasteiger partial charge in [0.05, 0.1) is 0 Å². The van der Waals surface area contributed by atoms with Gasteiger partial charge in [0, 0.05) is 12.0 Å². The van der Waals surface area contributed by atoms with Crippen molar-refractivity contribution in [2.24, 2.45) is 5.41 Å². The number of hydrogen-bond donors (Lipinski definition) is 1. The van der Waals surface area contributed by atoms with Crippen molar-refractivity contribution in [1.29, 1.82) is 0 Å². The first-order valence-electron chi connectivity index (χ1n) is 6.90. The lowest BCUT2D eigenvalue weighted by molar-refractivity contribution is 0.0140. The minimum atomic E-state index is 0.391. The lowest BCUT2D eigenvalue weighted by atomic mass is 9.48. The molecule has 1 heteroatoms. The Labute approximate surface area is 106 Å². The molecule has 17 heavy (non-hydrogen) atoms. The Morgan fingerprint density at radius 3 is 2.12 bits per heavy atom. The van der Waals surface area contributed by atoms with Crippen molar-refractivity contribution in [2.75, 3.05) is 13.6 Å². The van der Waals surface area contributed by atoms with Gasteiger partial charge in [0.1, 0.15) is 0 Å². The summed E-state index contributed by atoms with van der Waals surface area (Å²) in [7, 11) is 2.07. The van der Waals surface area contributed by atoms with Gasteiger partial charge in [-0.05, 0) is 30.9 Å². The lowest BCUT2D eigenvalue weighted by Crippen LogP contribution is -2.53. The second-order valence-electron chi connectivity index (χ2n) is 5.74. The summed E-state index contributed by atoms with van der Waals surface area (Å²) in [6, 6.07) is 11.1. The maximum absolute atomic E-state index is 3.39. The maximum atomic E-state index is 3.39. The van der Waals surface area contributed by atoms with E-state index in [0.717, 1.165) is 6.54 Å². The van der Waals surface area contributed by atoms with Crippen molar-refractivity contribution in [3.8, 4) is 0 Å². The molecule has 0 radical (unpaired) electrons. The molecule has 0 saturated heterocycles. The summed E-state index contributed by atoms with van der Waals surface area (Å²) in [4.78, 5) is 0. The van der Waals surface area contributed by atoms with Crippen molar-refractivity contribution >= 4 is 0 Å². The topological polar surface area (TPSA) is 12.0 Å². The average Bonchev–Trinajstić information content (AvgIpc) is 2.35. The SMILES string of the molecule is CCC1(CC)CC(CNC)(c2ccccc2)C1. The van der Waals surface area contributed by atoms with Crippen molar-refractivity contribution in [2.45, 2.75) is 44.9 Å². The monoisotopic (exact) mass is 231 g/mol. The highest BCUT2D eigenvalue weighted by Crippen LogP contribution is 2.58. The average molecular weight is 231 g/mol. The molecule has 0 spiro atoms. The van der Waals surface area contributed by atoms with Crippen molar-refractivity contribution in [3.63, 3.8) is 0 Å². The zero-order chi connectivity index (χ0) is 12.4. The van der Waals surface area contributed by atoms with Crippen LogP contribution in [0, 0.1) is 5.41 Å². The Hall–Kier alpha value is -0.820. The van der Waals surface area contributed by atoms with Crippen molar-refractivity contribution < 1.29 is 0 Å². The van der Waals surface area contributed by atoms with Crippen LogP contribution in [0.1, 0.15) is 45.1 Å². The molecule has 0 heterocycles. The first kappa shape index (κ1) is 12.6. The van der Waals surface area contributed by atoms with Gasteiger partial charge in [-0.15, -0.1) is 0 Å². The van der Waals surface area contributed by atoms with E-state index in [-0.39, 0.29) is 0 Å². The molecule has 2 rings (SSSR count). The predicted molar refractivity (Wildman–Crippen MR) is 74.3 cm³/mol. The van der Waals surface area contributed by atoms with E-state index >= 15 is 0 Å². The molecule has 0 amide bonds. The van der Waals surface area contributed by atoms with Crippen LogP contribution in [0.25, 0.3) is 0 Å². The summed E-state index contributed by atoms with van der Waals surface area (Å²) in [6.07, 6.45) is 5.33. The number of nitrogens with one attached hydrogen (secondary N) is 1. The summed E-state index contributed by atoms with van der Waals surface area (Å²) in [5.41, 5.74) is 2.52. The van der Waals surface area contributed by atoms with Gasteiger partial charge in [0.2, 0.25) is 0 Å². The van der Waals surface area contributed by atoms with Crippen LogP contribution in [-0.4, -0.2) is 13.6 Å². The van der Waals surface area contributed by atoms with E-state index in [1.165, 1.54) is 31.2 Å². The fourth-order valence-corrected chi connectivity index (χ4v) is 3.70.